The summed E-state index contributed by atoms with van der Waals surface area (Å²) in [5, 5.41) is 8.26. The van der Waals surface area contributed by atoms with Crippen molar-refractivity contribution in [3.63, 3.8) is 0 Å². The number of hydrogen-bond donors (Lipinski definition) is 0. The van der Waals surface area contributed by atoms with E-state index in [1.807, 2.05) is 0 Å². The molecule has 3 rings (SSSR count). The van der Waals surface area contributed by atoms with Gasteiger partial charge in [-0.2, -0.15) is 9.97 Å². The van der Waals surface area contributed by atoms with Crippen molar-refractivity contribution in [2.75, 3.05) is 19.6 Å². The number of aromatic nitrogens is 4. The third-order valence-electron chi connectivity index (χ3n) is 4.74. The molecule has 0 amide bonds. The van der Waals surface area contributed by atoms with Crippen LogP contribution in [0.1, 0.15) is 58.0 Å². The fraction of sp³-hybridized carbons (Fsp3) is 0.789. The Bertz CT molecular complexity index is 711. The van der Waals surface area contributed by atoms with Crippen molar-refractivity contribution in [3.8, 4) is 0 Å². The highest BCUT2D eigenvalue weighted by Gasteiger charge is 2.26. The minimum atomic E-state index is 0.410. The SMILES string of the molecule is CC(C)Cc1nc(CN2CCN(Cc3noc(CC(C)C)n3)C(C)C2)no1. The number of hydrogen-bond acceptors (Lipinski definition) is 8. The van der Waals surface area contributed by atoms with Gasteiger partial charge in [0.05, 0.1) is 13.1 Å². The van der Waals surface area contributed by atoms with Gasteiger partial charge in [0, 0.05) is 38.5 Å². The van der Waals surface area contributed by atoms with Gasteiger partial charge in [0.15, 0.2) is 11.6 Å². The molecule has 1 unspecified atom stereocenters. The minimum Gasteiger partial charge on any atom is -0.339 e. The van der Waals surface area contributed by atoms with E-state index < -0.39 is 0 Å². The minimum absolute atomic E-state index is 0.410. The molecule has 1 aliphatic heterocycles. The molecule has 0 saturated carbocycles. The molecule has 0 radical (unpaired) electrons. The quantitative estimate of drug-likeness (QED) is 0.695. The van der Waals surface area contributed by atoms with E-state index in [1.165, 1.54) is 0 Å². The van der Waals surface area contributed by atoms with Crippen molar-refractivity contribution in [2.24, 2.45) is 11.8 Å². The second-order valence-electron chi connectivity index (χ2n) is 8.46. The van der Waals surface area contributed by atoms with Crippen LogP contribution < -0.4 is 0 Å². The predicted molar refractivity (Wildman–Crippen MR) is 101 cm³/mol. The lowest BCUT2D eigenvalue weighted by Crippen LogP contribution is -2.51. The zero-order chi connectivity index (χ0) is 19.4. The first kappa shape index (κ1) is 19.9. The first-order chi connectivity index (χ1) is 12.9. The summed E-state index contributed by atoms with van der Waals surface area (Å²) in [5.74, 6) is 4.08. The maximum Gasteiger partial charge on any atom is 0.226 e. The van der Waals surface area contributed by atoms with Crippen molar-refractivity contribution in [1.82, 2.24) is 30.1 Å². The fourth-order valence-electron chi connectivity index (χ4n) is 3.40. The van der Waals surface area contributed by atoms with E-state index in [0.29, 0.717) is 17.9 Å². The smallest absolute Gasteiger partial charge is 0.226 e. The Hall–Kier alpha value is -1.80. The molecular formula is C19H32N6O2. The molecule has 8 heteroatoms. The molecule has 0 spiro atoms. The highest BCUT2D eigenvalue weighted by Crippen LogP contribution is 2.15. The normalized spacial score (nSPS) is 19.4. The van der Waals surface area contributed by atoms with Gasteiger partial charge in [0.25, 0.3) is 0 Å². The molecule has 0 aliphatic carbocycles. The molecule has 0 bridgehead atoms. The van der Waals surface area contributed by atoms with Crippen molar-refractivity contribution in [3.05, 3.63) is 23.4 Å². The monoisotopic (exact) mass is 376 g/mol. The molecule has 1 atom stereocenters. The van der Waals surface area contributed by atoms with Gasteiger partial charge in [0.1, 0.15) is 0 Å². The van der Waals surface area contributed by atoms with Crippen LogP contribution in [0.4, 0.5) is 0 Å². The number of rotatable bonds is 8. The zero-order valence-electron chi connectivity index (χ0n) is 17.2. The average Bonchev–Trinajstić information content (AvgIpc) is 3.18. The second-order valence-corrected chi connectivity index (χ2v) is 8.46. The first-order valence-corrected chi connectivity index (χ1v) is 9.98. The van der Waals surface area contributed by atoms with E-state index in [1.54, 1.807) is 0 Å². The van der Waals surface area contributed by atoms with Crippen LogP contribution in [-0.2, 0) is 25.9 Å². The van der Waals surface area contributed by atoms with Crippen LogP contribution in [0, 0.1) is 11.8 Å². The van der Waals surface area contributed by atoms with E-state index in [9.17, 15) is 0 Å². The summed E-state index contributed by atoms with van der Waals surface area (Å²) in [6, 6.07) is 0.410. The molecule has 1 saturated heterocycles. The fourth-order valence-corrected chi connectivity index (χ4v) is 3.40. The molecule has 8 nitrogen and oxygen atoms in total. The third-order valence-corrected chi connectivity index (χ3v) is 4.74. The Morgan fingerprint density at radius 3 is 1.96 bits per heavy atom. The maximum absolute atomic E-state index is 5.36. The highest BCUT2D eigenvalue weighted by molar-refractivity contribution is 4.92. The molecular weight excluding hydrogens is 344 g/mol. The Morgan fingerprint density at radius 2 is 1.44 bits per heavy atom. The van der Waals surface area contributed by atoms with Gasteiger partial charge < -0.3 is 9.05 Å². The van der Waals surface area contributed by atoms with Crippen LogP contribution >= 0.6 is 0 Å². The van der Waals surface area contributed by atoms with Crippen LogP contribution in [0.25, 0.3) is 0 Å². The van der Waals surface area contributed by atoms with Crippen LogP contribution in [-0.4, -0.2) is 55.8 Å². The van der Waals surface area contributed by atoms with Crippen LogP contribution in [0.3, 0.4) is 0 Å². The van der Waals surface area contributed by atoms with Crippen molar-refractivity contribution < 1.29 is 9.05 Å². The van der Waals surface area contributed by atoms with E-state index in [0.717, 1.165) is 69.0 Å². The standard InChI is InChI=1S/C19H32N6O2/c1-13(2)8-18-20-16(22-26-18)11-24-6-7-25(15(5)10-24)12-17-21-19(27-23-17)9-14(3)4/h13-15H,6-12H2,1-5H3. The molecule has 2 aromatic heterocycles. The lowest BCUT2D eigenvalue weighted by atomic mass is 10.1. The number of nitrogens with zero attached hydrogens (tertiary/aromatic N) is 6. The molecule has 0 N–H and O–H groups in total. The Balaban J connectivity index is 1.48. The van der Waals surface area contributed by atoms with Crippen molar-refractivity contribution >= 4 is 0 Å². The molecule has 150 valence electrons. The zero-order valence-corrected chi connectivity index (χ0v) is 17.2. The van der Waals surface area contributed by atoms with E-state index in [4.69, 9.17) is 9.05 Å². The Labute approximate surface area is 161 Å². The van der Waals surface area contributed by atoms with E-state index >= 15 is 0 Å². The third kappa shape index (κ3) is 5.84. The lowest BCUT2D eigenvalue weighted by molar-refractivity contribution is 0.0688. The van der Waals surface area contributed by atoms with Gasteiger partial charge in [-0.05, 0) is 18.8 Å². The summed E-state index contributed by atoms with van der Waals surface area (Å²) in [5.41, 5.74) is 0. The maximum atomic E-state index is 5.36. The van der Waals surface area contributed by atoms with Crippen molar-refractivity contribution in [1.29, 1.82) is 0 Å². The van der Waals surface area contributed by atoms with Crippen LogP contribution in [0.15, 0.2) is 9.05 Å². The summed E-state index contributed by atoms with van der Waals surface area (Å²) in [4.78, 5) is 13.8. The largest absolute Gasteiger partial charge is 0.339 e. The highest BCUT2D eigenvalue weighted by atomic mass is 16.5. The first-order valence-electron chi connectivity index (χ1n) is 9.98. The summed E-state index contributed by atoms with van der Waals surface area (Å²) >= 11 is 0. The van der Waals surface area contributed by atoms with Gasteiger partial charge in [-0.15, -0.1) is 0 Å². The Morgan fingerprint density at radius 1 is 0.889 bits per heavy atom. The molecule has 1 fully saturated rings. The van der Waals surface area contributed by atoms with E-state index in [-0.39, 0.29) is 0 Å². The van der Waals surface area contributed by atoms with Gasteiger partial charge in [-0.1, -0.05) is 38.0 Å². The summed E-state index contributed by atoms with van der Waals surface area (Å²) in [6.07, 6.45) is 1.67. The molecule has 3 heterocycles. The predicted octanol–water partition coefficient (Wildman–Crippen LogP) is 2.56. The van der Waals surface area contributed by atoms with Gasteiger partial charge in [-0.3, -0.25) is 9.80 Å². The molecule has 0 aromatic carbocycles. The topological polar surface area (TPSA) is 84.3 Å². The molecule has 27 heavy (non-hydrogen) atoms. The van der Waals surface area contributed by atoms with Gasteiger partial charge >= 0.3 is 0 Å². The second kappa shape index (κ2) is 8.93. The average molecular weight is 377 g/mol. The van der Waals surface area contributed by atoms with Gasteiger partial charge in [0.2, 0.25) is 11.8 Å². The van der Waals surface area contributed by atoms with Crippen LogP contribution in [0.2, 0.25) is 0 Å². The Kier molecular flexibility index (Phi) is 6.59. The van der Waals surface area contributed by atoms with E-state index in [2.05, 4.69) is 64.7 Å². The lowest BCUT2D eigenvalue weighted by Gasteiger charge is -2.38. The summed E-state index contributed by atoms with van der Waals surface area (Å²) < 4.78 is 10.7. The van der Waals surface area contributed by atoms with Gasteiger partial charge in [-0.25, -0.2) is 0 Å². The van der Waals surface area contributed by atoms with Crippen molar-refractivity contribution in [2.45, 2.75) is 66.6 Å². The van der Waals surface area contributed by atoms with Crippen LogP contribution in [0.5, 0.6) is 0 Å². The summed E-state index contributed by atoms with van der Waals surface area (Å²) in [6.45, 7) is 15.2. The molecule has 2 aromatic rings. The summed E-state index contributed by atoms with van der Waals surface area (Å²) in [7, 11) is 0. The number of piperazine rings is 1. The molecule has 1 aliphatic rings.